The van der Waals surface area contributed by atoms with E-state index in [-0.39, 0.29) is 0 Å². The van der Waals surface area contributed by atoms with Crippen LogP contribution in [0.1, 0.15) is 49.3 Å². The van der Waals surface area contributed by atoms with Gasteiger partial charge in [-0.2, -0.15) is 0 Å². The zero-order valence-electron chi connectivity index (χ0n) is 10.5. The Morgan fingerprint density at radius 2 is 2.00 bits per heavy atom. The average Bonchev–Trinajstić information content (AvgIpc) is 2.83. The highest BCUT2D eigenvalue weighted by atomic mass is 16.5. The molecule has 0 spiro atoms. The zero-order valence-corrected chi connectivity index (χ0v) is 10.5. The van der Waals surface area contributed by atoms with Gasteiger partial charge in [-0.15, -0.1) is 0 Å². The van der Waals surface area contributed by atoms with Crippen LogP contribution in [0.4, 0.5) is 0 Å². The van der Waals surface area contributed by atoms with Gasteiger partial charge in [0.1, 0.15) is 5.75 Å². The van der Waals surface area contributed by atoms with Crippen molar-refractivity contribution < 1.29 is 4.74 Å². The summed E-state index contributed by atoms with van der Waals surface area (Å²) in [4.78, 5) is 0. The molecule has 0 saturated heterocycles. The number of methoxy groups -OCH3 is 1. The second-order valence-corrected chi connectivity index (χ2v) is 5.29. The van der Waals surface area contributed by atoms with Gasteiger partial charge in [-0.1, -0.05) is 31.4 Å². The second kappa shape index (κ2) is 4.69. The highest BCUT2D eigenvalue weighted by molar-refractivity contribution is 5.45. The van der Waals surface area contributed by atoms with E-state index in [1.807, 2.05) is 0 Å². The lowest BCUT2D eigenvalue weighted by Gasteiger charge is -2.28. The molecule has 17 heavy (non-hydrogen) atoms. The fourth-order valence-corrected chi connectivity index (χ4v) is 3.47. The number of hydrogen-bond donors (Lipinski definition) is 1. The molecule has 0 amide bonds. The number of rotatable bonds is 2. The number of nitrogens with one attached hydrogen (secondary N) is 1. The van der Waals surface area contributed by atoms with E-state index < -0.39 is 0 Å². The first-order valence-electron chi connectivity index (χ1n) is 6.79. The van der Waals surface area contributed by atoms with Crippen molar-refractivity contribution in [2.24, 2.45) is 5.92 Å². The largest absolute Gasteiger partial charge is 0.496 e. The molecule has 3 rings (SSSR count). The predicted molar refractivity (Wildman–Crippen MR) is 69.1 cm³/mol. The van der Waals surface area contributed by atoms with Crippen LogP contribution < -0.4 is 10.1 Å². The maximum atomic E-state index is 5.54. The van der Waals surface area contributed by atoms with Crippen molar-refractivity contribution in [2.75, 3.05) is 7.11 Å². The van der Waals surface area contributed by atoms with Crippen molar-refractivity contribution in [1.82, 2.24) is 5.32 Å². The molecule has 92 valence electrons. The normalized spacial score (nSPS) is 24.6. The molecule has 1 aromatic carbocycles. The molecule has 1 aromatic rings. The molecule has 1 saturated carbocycles. The van der Waals surface area contributed by atoms with Gasteiger partial charge in [0.2, 0.25) is 0 Å². The Balaban J connectivity index is 1.91. The quantitative estimate of drug-likeness (QED) is 0.842. The van der Waals surface area contributed by atoms with Crippen LogP contribution in [0.2, 0.25) is 0 Å². The topological polar surface area (TPSA) is 21.3 Å². The van der Waals surface area contributed by atoms with Crippen LogP contribution in [0.15, 0.2) is 18.2 Å². The van der Waals surface area contributed by atoms with Gasteiger partial charge in [-0.25, -0.2) is 0 Å². The maximum Gasteiger partial charge on any atom is 0.123 e. The minimum atomic E-state index is 0.529. The number of ether oxygens (including phenoxy) is 1. The van der Waals surface area contributed by atoms with Crippen LogP contribution in [0.3, 0.4) is 0 Å². The van der Waals surface area contributed by atoms with E-state index in [0.717, 1.165) is 18.2 Å². The van der Waals surface area contributed by atoms with Crippen molar-refractivity contribution in [3.63, 3.8) is 0 Å². The Morgan fingerprint density at radius 3 is 2.76 bits per heavy atom. The second-order valence-electron chi connectivity index (χ2n) is 5.29. The predicted octanol–water partition coefficient (Wildman–Crippen LogP) is 3.42. The Morgan fingerprint density at radius 1 is 1.18 bits per heavy atom. The van der Waals surface area contributed by atoms with E-state index >= 15 is 0 Å². The lowest BCUT2D eigenvalue weighted by atomic mass is 9.81. The molecule has 0 bridgehead atoms. The molecule has 1 aliphatic heterocycles. The van der Waals surface area contributed by atoms with Crippen molar-refractivity contribution in [2.45, 2.75) is 44.7 Å². The molecule has 1 unspecified atom stereocenters. The summed E-state index contributed by atoms with van der Waals surface area (Å²) in [6.45, 7) is 1.01. The Labute approximate surface area is 103 Å². The van der Waals surface area contributed by atoms with E-state index in [2.05, 4.69) is 23.5 Å². The smallest absolute Gasteiger partial charge is 0.123 e. The summed E-state index contributed by atoms with van der Waals surface area (Å²) in [7, 11) is 1.78. The molecule has 2 heteroatoms. The van der Waals surface area contributed by atoms with Crippen LogP contribution in [-0.4, -0.2) is 7.11 Å². The highest BCUT2D eigenvalue weighted by Gasteiger charge is 2.32. The minimum absolute atomic E-state index is 0.529. The van der Waals surface area contributed by atoms with Gasteiger partial charge in [0.25, 0.3) is 0 Å². The Bertz CT molecular complexity index is 396. The summed E-state index contributed by atoms with van der Waals surface area (Å²) >= 11 is 0. The van der Waals surface area contributed by atoms with Gasteiger partial charge in [-0.3, -0.25) is 0 Å². The van der Waals surface area contributed by atoms with Crippen LogP contribution >= 0.6 is 0 Å². The van der Waals surface area contributed by atoms with Gasteiger partial charge < -0.3 is 10.1 Å². The number of fused-ring (bicyclic) bond motifs is 1. The molecule has 2 nitrogen and oxygen atoms in total. The van der Waals surface area contributed by atoms with Crippen LogP contribution in [-0.2, 0) is 6.54 Å². The Hall–Kier alpha value is -1.02. The van der Waals surface area contributed by atoms with E-state index in [1.165, 1.54) is 43.2 Å². The highest BCUT2D eigenvalue weighted by Crippen LogP contribution is 2.42. The van der Waals surface area contributed by atoms with Gasteiger partial charge in [0.15, 0.2) is 0 Å². The first-order valence-corrected chi connectivity index (χ1v) is 6.79. The Kier molecular flexibility index (Phi) is 3.06. The third-order valence-corrected chi connectivity index (χ3v) is 4.32. The molecule has 1 N–H and O–H groups in total. The van der Waals surface area contributed by atoms with Crippen LogP contribution in [0, 0.1) is 5.92 Å². The average molecular weight is 231 g/mol. The third-order valence-electron chi connectivity index (χ3n) is 4.32. The van der Waals surface area contributed by atoms with Crippen LogP contribution in [0.5, 0.6) is 5.75 Å². The lowest BCUT2D eigenvalue weighted by molar-refractivity contribution is 0.277. The minimum Gasteiger partial charge on any atom is -0.496 e. The summed E-state index contributed by atoms with van der Waals surface area (Å²) in [6, 6.07) is 6.96. The lowest BCUT2D eigenvalue weighted by Crippen LogP contribution is -2.24. The first-order chi connectivity index (χ1) is 8.40. The standard InChI is InChI=1S/C15H21NO/c1-17-13-9-5-8-12-10-16-15(14(12)13)11-6-3-2-4-7-11/h5,8-9,11,15-16H,2-4,6-7,10H2,1H3. The fraction of sp³-hybridized carbons (Fsp3) is 0.600. The summed E-state index contributed by atoms with van der Waals surface area (Å²) < 4.78 is 5.54. The van der Waals surface area contributed by atoms with Crippen molar-refractivity contribution in [3.05, 3.63) is 29.3 Å². The molecule has 2 aliphatic rings. The number of benzene rings is 1. The van der Waals surface area contributed by atoms with Gasteiger partial charge in [0, 0.05) is 18.2 Å². The summed E-state index contributed by atoms with van der Waals surface area (Å²) in [5.41, 5.74) is 2.86. The third kappa shape index (κ3) is 1.95. The monoisotopic (exact) mass is 231 g/mol. The van der Waals surface area contributed by atoms with Crippen molar-refractivity contribution in [1.29, 1.82) is 0 Å². The summed E-state index contributed by atoms with van der Waals surface area (Å²) in [6.07, 6.45) is 6.95. The fourth-order valence-electron chi connectivity index (χ4n) is 3.47. The molecular weight excluding hydrogens is 210 g/mol. The van der Waals surface area contributed by atoms with E-state index in [1.54, 1.807) is 7.11 Å². The first kappa shape index (κ1) is 11.1. The SMILES string of the molecule is COc1cccc2c1C(C1CCCCC1)NC2. The number of hydrogen-bond acceptors (Lipinski definition) is 2. The van der Waals surface area contributed by atoms with Crippen molar-refractivity contribution in [3.8, 4) is 5.75 Å². The van der Waals surface area contributed by atoms with Gasteiger partial charge >= 0.3 is 0 Å². The molecule has 1 atom stereocenters. The van der Waals surface area contributed by atoms with Crippen molar-refractivity contribution >= 4 is 0 Å². The molecular formula is C15H21NO. The zero-order chi connectivity index (χ0) is 11.7. The van der Waals surface area contributed by atoms with Gasteiger partial charge in [0.05, 0.1) is 7.11 Å². The summed E-state index contributed by atoms with van der Waals surface area (Å²) in [5, 5.41) is 3.69. The van der Waals surface area contributed by atoms with E-state index in [9.17, 15) is 0 Å². The van der Waals surface area contributed by atoms with E-state index in [0.29, 0.717) is 6.04 Å². The van der Waals surface area contributed by atoms with Gasteiger partial charge in [-0.05, 0) is 30.4 Å². The molecule has 0 aromatic heterocycles. The molecule has 0 radical (unpaired) electrons. The summed E-state index contributed by atoms with van der Waals surface area (Å²) in [5.74, 6) is 1.88. The molecule has 1 fully saturated rings. The maximum absolute atomic E-state index is 5.54. The molecule has 1 heterocycles. The molecule has 1 aliphatic carbocycles. The van der Waals surface area contributed by atoms with Crippen LogP contribution in [0.25, 0.3) is 0 Å². The van der Waals surface area contributed by atoms with E-state index in [4.69, 9.17) is 4.74 Å².